The van der Waals surface area contributed by atoms with Crippen LogP contribution >= 0.6 is 7.82 Å². The quantitative estimate of drug-likeness (QED) is 0.0239. The number of allylic oxidation sites excluding steroid dienone is 19. The molecule has 0 rings (SSSR count). The molecule has 320 valence electrons. The second-order valence-electron chi connectivity index (χ2n) is 13.0. The van der Waals surface area contributed by atoms with Gasteiger partial charge in [-0.25, -0.2) is 4.57 Å². The fraction of sp³-hybridized carbons (Fsp3) is 0.522. The Labute approximate surface area is 344 Å². The molecule has 3 unspecified atom stereocenters. The van der Waals surface area contributed by atoms with Gasteiger partial charge in [0.05, 0.1) is 26.2 Å². The van der Waals surface area contributed by atoms with Crippen LogP contribution in [0.15, 0.2) is 122 Å². The smallest absolute Gasteiger partial charge is 0.472 e. The summed E-state index contributed by atoms with van der Waals surface area (Å²) >= 11 is 0. The molecular weight excluding hydrogens is 741 g/mol. The average Bonchev–Trinajstić information content (AvgIpc) is 3.19. The maximum absolute atomic E-state index is 12.5. The molecule has 10 nitrogen and oxygen atoms in total. The van der Waals surface area contributed by atoms with Crippen molar-refractivity contribution in [2.24, 2.45) is 5.73 Å². The molecule has 0 saturated heterocycles. The number of unbranched alkanes of at least 4 members (excludes halogenated alkanes) is 4. The van der Waals surface area contributed by atoms with Gasteiger partial charge < -0.3 is 25.2 Å². The molecule has 11 heteroatoms. The summed E-state index contributed by atoms with van der Waals surface area (Å²) in [6.45, 7) is 3.42. The van der Waals surface area contributed by atoms with Crippen molar-refractivity contribution >= 4 is 19.8 Å². The monoisotopic (exact) mass is 813 g/mol. The van der Waals surface area contributed by atoms with Crippen molar-refractivity contribution in [1.29, 1.82) is 0 Å². The fourth-order valence-corrected chi connectivity index (χ4v) is 5.42. The highest BCUT2D eigenvalue weighted by Gasteiger charge is 2.27. The molecule has 0 aliphatic heterocycles. The molecule has 4 N–H and O–H groups in total. The number of carboxylic acids is 1. The first-order valence-electron chi connectivity index (χ1n) is 20.6. The van der Waals surface area contributed by atoms with Crippen LogP contribution in [0.3, 0.4) is 0 Å². The van der Waals surface area contributed by atoms with E-state index in [9.17, 15) is 19.0 Å². The van der Waals surface area contributed by atoms with Gasteiger partial charge in [-0.2, -0.15) is 0 Å². The second-order valence-corrected chi connectivity index (χ2v) is 14.5. The van der Waals surface area contributed by atoms with E-state index in [0.717, 1.165) is 89.9 Å². The van der Waals surface area contributed by atoms with E-state index in [1.165, 1.54) is 0 Å². The first-order valence-corrected chi connectivity index (χ1v) is 22.1. The molecule has 0 spiro atoms. The zero-order chi connectivity index (χ0) is 41.9. The van der Waals surface area contributed by atoms with Crippen molar-refractivity contribution in [2.45, 2.75) is 129 Å². The third-order valence-corrected chi connectivity index (χ3v) is 8.72. The molecule has 0 fully saturated rings. The molecule has 0 saturated carbocycles. The van der Waals surface area contributed by atoms with E-state index in [4.69, 9.17) is 24.8 Å². The molecule has 0 radical (unpaired) electrons. The van der Waals surface area contributed by atoms with Crippen LogP contribution in [-0.4, -0.2) is 60.5 Å². The van der Waals surface area contributed by atoms with Crippen LogP contribution in [0.4, 0.5) is 0 Å². The van der Waals surface area contributed by atoms with Crippen molar-refractivity contribution in [2.75, 3.05) is 26.4 Å². The minimum Gasteiger partial charge on any atom is -0.480 e. The van der Waals surface area contributed by atoms with E-state index in [1.54, 1.807) is 6.08 Å². The summed E-state index contributed by atoms with van der Waals surface area (Å²) < 4.78 is 33.1. The molecule has 0 aromatic carbocycles. The van der Waals surface area contributed by atoms with Gasteiger partial charge in [-0.3, -0.25) is 18.6 Å². The molecule has 0 aromatic rings. The van der Waals surface area contributed by atoms with Gasteiger partial charge in [-0.05, 0) is 83.5 Å². The summed E-state index contributed by atoms with van der Waals surface area (Å²) in [6.07, 6.45) is 55.7. The van der Waals surface area contributed by atoms with E-state index >= 15 is 0 Å². The standard InChI is InChI=1S/C46H72NO9P/c1-3-5-7-9-11-13-15-17-19-20-21-22-23-25-27-29-31-33-35-37-39-53-40-43(41-54-57(51,52)55-42-44(47)46(49)50)56-45(48)38-36-34-32-30-28-26-24-18-16-14-12-10-8-6-4-2/h5-8,11-14,17-19,21-22,24-25,27-28,30,34,36,43-44H,3-4,9-10,15-16,20,23,26,29,31-33,35,37-42,47H2,1-2H3,(H,49,50)(H,51,52)/b7-5-,8-6-,13-11-,14-12-,19-17-,22-21-,24-18-,27-25-,30-28-,36-34-. The van der Waals surface area contributed by atoms with Crippen LogP contribution in [0.1, 0.15) is 117 Å². The lowest BCUT2D eigenvalue weighted by atomic mass is 10.1. The molecule has 57 heavy (non-hydrogen) atoms. The molecule has 3 atom stereocenters. The number of aliphatic carboxylic acids is 1. The van der Waals surface area contributed by atoms with Gasteiger partial charge in [0, 0.05) is 6.61 Å². The lowest BCUT2D eigenvalue weighted by Gasteiger charge is -2.20. The minimum absolute atomic E-state index is 0.00264. The lowest BCUT2D eigenvalue weighted by molar-refractivity contribution is -0.153. The molecule has 0 heterocycles. The van der Waals surface area contributed by atoms with Crippen molar-refractivity contribution < 1.29 is 42.7 Å². The lowest BCUT2D eigenvalue weighted by Crippen LogP contribution is -2.34. The molecule has 0 aliphatic rings. The third kappa shape index (κ3) is 40.4. The highest BCUT2D eigenvalue weighted by molar-refractivity contribution is 7.47. The minimum atomic E-state index is -4.66. The predicted octanol–water partition coefficient (Wildman–Crippen LogP) is 11.3. The van der Waals surface area contributed by atoms with Crippen LogP contribution in [-0.2, 0) is 32.7 Å². The largest absolute Gasteiger partial charge is 0.480 e. The van der Waals surface area contributed by atoms with Gasteiger partial charge in [0.15, 0.2) is 0 Å². The number of nitrogens with two attached hydrogens (primary N) is 1. The summed E-state index contributed by atoms with van der Waals surface area (Å²) in [7, 11) is -4.66. The van der Waals surface area contributed by atoms with E-state index < -0.39 is 45.1 Å². The van der Waals surface area contributed by atoms with Gasteiger partial charge in [-0.1, -0.05) is 148 Å². The summed E-state index contributed by atoms with van der Waals surface area (Å²) in [5.74, 6) is -1.94. The Morgan fingerprint density at radius 3 is 1.42 bits per heavy atom. The number of ether oxygens (including phenoxy) is 2. The summed E-state index contributed by atoms with van der Waals surface area (Å²) in [5, 5.41) is 8.88. The number of rotatable bonds is 37. The maximum atomic E-state index is 12.5. The Morgan fingerprint density at radius 2 is 0.965 bits per heavy atom. The zero-order valence-electron chi connectivity index (χ0n) is 34.6. The van der Waals surface area contributed by atoms with Crippen molar-refractivity contribution in [1.82, 2.24) is 0 Å². The number of hydrogen-bond donors (Lipinski definition) is 3. The van der Waals surface area contributed by atoms with Gasteiger partial charge in [-0.15, -0.1) is 0 Å². The van der Waals surface area contributed by atoms with E-state index in [0.29, 0.717) is 13.0 Å². The number of phosphoric ester groups is 1. The fourth-order valence-electron chi connectivity index (χ4n) is 4.64. The Hall–Kier alpha value is -3.63. The average molecular weight is 814 g/mol. The van der Waals surface area contributed by atoms with E-state index in [1.807, 2.05) is 12.2 Å². The van der Waals surface area contributed by atoms with E-state index in [-0.39, 0.29) is 13.0 Å². The van der Waals surface area contributed by atoms with Gasteiger partial charge in [0.2, 0.25) is 0 Å². The van der Waals surface area contributed by atoms with Crippen LogP contribution in [0.25, 0.3) is 0 Å². The van der Waals surface area contributed by atoms with Crippen LogP contribution in [0.5, 0.6) is 0 Å². The Morgan fingerprint density at radius 1 is 0.561 bits per heavy atom. The van der Waals surface area contributed by atoms with Crippen LogP contribution in [0, 0.1) is 0 Å². The van der Waals surface area contributed by atoms with Crippen LogP contribution in [0.2, 0.25) is 0 Å². The zero-order valence-corrected chi connectivity index (χ0v) is 35.5. The Bertz CT molecular complexity index is 1360. The maximum Gasteiger partial charge on any atom is 0.472 e. The predicted molar refractivity (Wildman–Crippen MR) is 235 cm³/mol. The number of carbonyl (C=O) groups excluding carboxylic acids is 1. The van der Waals surface area contributed by atoms with Crippen molar-refractivity contribution in [3.63, 3.8) is 0 Å². The van der Waals surface area contributed by atoms with Gasteiger partial charge >= 0.3 is 19.8 Å². The molecular formula is C46H72NO9P. The Balaban J connectivity index is 4.47. The van der Waals surface area contributed by atoms with E-state index in [2.05, 4.69) is 122 Å². The van der Waals surface area contributed by atoms with Gasteiger partial charge in [0.25, 0.3) is 0 Å². The second kappa shape index (κ2) is 40.6. The molecule has 0 amide bonds. The van der Waals surface area contributed by atoms with Crippen LogP contribution < -0.4 is 5.73 Å². The SMILES string of the molecule is CC/C=C\C/C=C\C/C=C\C/C=C\C/C=C\CCCCCCOCC(COP(=O)(O)OCC(N)C(=O)O)OC(=O)C/C=C\C/C=C\C/C=C\C/C=C\C/C=C\CC. The van der Waals surface area contributed by atoms with Gasteiger partial charge in [0.1, 0.15) is 12.1 Å². The summed E-state index contributed by atoms with van der Waals surface area (Å²) in [4.78, 5) is 33.4. The number of phosphoric acid groups is 1. The number of hydrogen-bond acceptors (Lipinski definition) is 8. The summed E-state index contributed by atoms with van der Waals surface area (Å²) in [6, 6.07) is -1.50. The van der Waals surface area contributed by atoms with Crippen molar-refractivity contribution in [3.05, 3.63) is 122 Å². The number of esters is 1. The highest BCUT2D eigenvalue weighted by atomic mass is 31.2. The molecule has 0 aliphatic carbocycles. The number of carboxylic acid groups (broad SMARTS) is 1. The number of carbonyl (C=O) groups is 2. The third-order valence-electron chi connectivity index (χ3n) is 7.77. The Kier molecular flexibility index (Phi) is 38.0. The first kappa shape index (κ1) is 53.4. The summed E-state index contributed by atoms with van der Waals surface area (Å²) in [5.41, 5.74) is 5.34. The normalized spacial score (nSPS) is 15.2. The first-order chi connectivity index (χ1) is 27.7. The van der Waals surface area contributed by atoms with Crippen molar-refractivity contribution in [3.8, 4) is 0 Å². The molecule has 0 bridgehead atoms. The highest BCUT2D eigenvalue weighted by Crippen LogP contribution is 2.43. The molecule has 0 aromatic heterocycles. The topological polar surface area (TPSA) is 155 Å².